The molecular weight excluding hydrogens is 418 g/mol. The Kier molecular flexibility index (Phi) is 7.16. The molecule has 2 fully saturated rings. The molecule has 2 aliphatic rings. The number of furan rings is 1. The molecule has 2 aliphatic heterocycles. The van der Waals surface area contributed by atoms with E-state index in [1.165, 1.54) is 11.3 Å². The van der Waals surface area contributed by atoms with Gasteiger partial charge in [-0.2, -0.15) is 0 Å². The third-order valence-corrected chi connectivity index (χ3v) is 7.10. The van der Waals surface area contributed by atoms with E-state index in [0.717, 1.165) is 19.4 Å². The van der Waals surface area contributed by atoms with Crippen molar-refractivity contribution in [3.63, 3.8) is 0 Å². The number of carbonyl (C=O) groups is 2. The number of ketones is 1. The highest BCUT2D eigenvalue weighted by Gasteiger charge is 2.32. The van der Waals surface area contributed by atoms with Gasteiger partial charge in [0.25, 0.3) is 0 Å². The van der Waals surface area contributed by atoms with Crippen LogP contribution >= 0.6 is 11.3 Å². The number of aromatic nitrogens is 1. The predicted octanol–water partition coefficient (Wildman–Crippen LogP) is 3.45. The summed E-state index contributed by atoms with van der Waals surface area (Å²) in [5, 5.41) is 3.31. The molecule has 1 unspecified atom stereocenters. The fourth-order valence-electron chi connectivity index (χ4n) is 4.35. The highest BCUT2D eigenvalue weighted by molar-refractivity contribution is 7.18. The number of likely N-dealkylation sites (tertiary alicyclic amines) is 1. The van der Waals surface area contributed by atoms with E-state index in [1.54, 1.807) is 25.5 Å². The maximum absolute atomic E-state index is 13.2. The lowest BCUT2D eigenvalue weighted by molar-refractivity contribution is -0.118. The van der Waals surface area contributed by atoms with Gasteiger partial charge in [0.1, 0.15) is 10.6 Å². The predicted molar refractivity (Wildman–Crippen MR) is 117 cm³/mol. The highest BCUT2D eigenvalue weighted by Crippen LogP contribution is 2.35. The zero-order valence-corrected chi connectivity index (χ0v) is 18.8. The molecule has 1 N–H and O–H groups in total. The number of rotatable bonds is 8. The van der Waals surface area contributed by atoms with E-state index in [1.807, 2.05) is 6.92 Å². The molecule has 1 amide bonds. The van der Waals surface area contributed by atoms with Gasteiger partial charge in [0.2, 0.25) is 5.91 Å². The number of amides is 1. The number of anilines is 1. The average Bonchev–Trinajstić information content (AvgIpc) is 3.54. The van der Waals surface area contributed by atoms with Gasteiger partial charge < -0.3 is 19.2 Å². The van der Waals surface area contributed by atoms with Crippen molar-refractivity contribution in [3.8, 4) is 11.5 Å². The number of thiazole rings is 1. The zero-order chi connectivity index (χ0) is 21.8. The van der Waals surface area contributed by atoms with E-state index in [4.69, 9.17) is 13.9 Å². The van der Waals surface area contributed by atoms with Crippen LogP contribution in [0.5, 0.6) is 0 Å². The number of nitrogens with one attached hydrogen (secondary N) is 1. The van der Waals surface area contributed by atoms with Gasteiger partial charge in [0.05, 0.1) is 18.9 Å². The van der Waals surface area contributed by atoms with Gasteiger partial charge in [-0.1, -0.05) is 11.3 Å². The van der Waals surface area contributed by atoms with Crippen molar-refractivity contribution in [2.75, 3.05) is 38.7 Å². The van der Waals surface area contributed by atoms with Crippen LogP contribution in [0.2, 0.25) is 0 Å². The second-order valence-electron chi connectivity index (χ2n) is 8.09. The molecule has 8 nitrogen and oxygen atoms in total. The summed E-state index contributed by atoms with van der Waals surface area (Å²) in [7, 11) is 1.70. The molecule has 4 heterocycles. The fraction of sp³-hybridized carbons (Fsp3) is 0.591. The lowest BCUT2D eigenvalue weighted by Gasteiger charge is -2.27. The van der Waals surface area contributed by atoms with Gasteiger partial charge >= 0.3 is 0 Å². The van der Waals surface area contributed by atoms with Crippen molar-refractivity contribution >= 4 is 28.2 Å². The van der Waals surface area contributed by atoms with Crippen molar-refractivity contribution in [1.82, 2.24) is 9.88 Å². The second kappa shape index (κ2) is 10.0. The van der Waals surface area contributed by atoms with Crippen molar-refractivity contribution in [2.45, 2.75) is 44.8 Å². The second-order valence-corrected chi connectivity index (χ2v) is 9.09. The smallest absolute Gasteiger partial charge is 0.240 e. The quantitative estimate of drug-likeness (QED) is 0.620. The van der Waals surface area contributed by atoms with Crippen LogP contribution in [0.15, 0.2) is 22.8 Å². The maximum Gasteiger partial charge on any atom is 0.240 e. The molecule has 9 heteroatoms. The van der Waals surface area contributed by atoms with Crippen LogP contribution in [0.25, 0.3) is 11.5 Å². The summed E-state index contributed by atoms with van der Waals surface area (Å²) in [6.07, 6.45) is 5.10. The van der Waals surface area contributed by atoms with Gasteiger partial charge in [0.15, 0.2) is 16.7 Å². The Morgan fingerprint density at radius 1 is 1.35 bits per heavy atom. The Morgan fingerprint density at radius 2 is 2.16 bits per heavy atom. The first kappa shape index (κ1) is 22.1. The number of hydrogen-bond acceptors (Lipinski definition) is 8. The van der Waals surface area contributed by atoms with Gasteiger partial charge in [0, 0.05) is 32.3 Å². The van der Waals surface area contributed by atoms with Crippen molar-refractivity contribution in [2.24, 2.45) is 5.92 Å². The SMILES string of the molecule is COC(C)[C@@H]1CCCN1CC(=O)Nc1nc(-c2ccco2)c(C(=O)C2CCOCC2)s1. The summed E-state index contributed by atoms with van der Waals surface area (Å²) >= 11 is 1.22. The number of methoxy groups -OCH3 is 1. The maximum atomic E-state index is 13.2. The Bertz CT molecular complexity index is 891. The van der Waals surface area contributed by atoms with Crippen LogP contribution in [0.4, 0.5) is 5.13 Å². The normalized spacial score (nSPS) is 21.3. The molecule has 168 valence electrons. The molecular formula is C22H29N3O5S. The molecule has 0 radical (unpaired) electrons. The molecule has 0 saturated carbocycles. The highest BCUT2D eigenvalue weighted by atomic mass is 32.1. The van der Waals surface area contributed by atoms with E-state index in [0.29, 0.717) is 47.5 Å². The fourth-order valence-corrected chi connectivity index (χ4v) is 5.35. The number of hydrogen-bond donors (Lipinski definition) is 1. The topological polar surface area (TPSA) is 93.9 Å². The Hall–Kier alpha value is -2.07. The summed E-state index contributed by atoms with van der Waals surface area (Å²) in [5.41, 5.74) is 0.494. The molecule has 2 aromatic heterocycles. The van der Waals surface area contributed by atoms with Crippen LogP contribution < -0.4 is 5.32 Å². The van der Waals surface area contributed by atoms with Crippen molar-refractivity contribution < 1.29 is 23.5 Å². The van der Waals surface area contributed by atoms with Crippen LogP contribution in [0.3, 0.4) is 0 Å². The molecule has 0 bridgehead atoms. The molecule has 2 aromatic rings. The van der Waals surface area contributed by atoms with Crippen molar-refractivity contribution in [3.05, 3.63) is 23.3 Å². The molecule has 31 heavy (non-hydrogen) atoms. The third kappa shape index (κ3) is 5.06. The summed E-state index contributed by atoms with van der Waals surface area (Å²) < 4.78 is 16.4. The first-order valence-electron chi connectivity index (χ1n) is 10.8. The molecule has 0 aliphatic carbocycles. The standard InChI is InChI=1S/C22H29N3O5S/c1-14(28-2)16-5-3-9-25(16)13-18(26)23-22-24-19(17-6-4-10-30-17)21(31-22)20(27)15-7-11-29-12-8-15/h4,6,10,14-16H,3,5,7-9,11-13H2,1-2H3,(H,23,24,26)/t14?,16-/m0/s1. The average molecular weight is 448 g/mol. The van der Waals surface area contributed by atoms with Gasteiger partial charge in [-0.3, -0.25) is 14.5 Å². The van der Waals surface area contributed by atoms with E-state index in [2.05, 4.69) is 15.2 Å². The van der Waals surface area contributed by atoms with Gasteiger partial charge in [-0.25, -0.2) is 4.98 Å². The Morgan fingerprint density at radius 3 is 2.87 bits per heavy atom. The number of nitrogens with zero attached hydrogens (tertiary/aromatic N) is 2. The minimum absolute atomic E-state index is 0.0428. The first-order valence-corrected chi connectivity index (χ1v) is 11.6. The van der Waals surface area contributed by atoms with Crippen LogP contribution in [0.1, 0.15) is 42.3 Å². The molecule has 4 rings (SSSR count). The monoisotopic (exact) mass is 447 g/mol. The summed E-state index contributed by atoms with van der Waals surface area (Å²) in [5.74, 6) is 0.342. The van der Waals surface area contributed by atoms with Crippen LogP contribution in [0, 0.1) is 5.92 Å². The van der Waals surface area contributed by atoms with E-state index in [9.17, 15) is 9.59 Å². The Labute approximate surface area is 185 Å². The molecule has 0 spiro atoms. The van der Waals surface area contributed by atoms with Gasteiger partial charge in [-0.05, 0) is 51.3 Å². The first-order chi connectivity index (χ1) is 15.1. The minimum Gasteiger partial charge on any atom is -0.463 e. The molecule has 0 aromatic carbocycles. The van der Waals surface area contributed by atoms with E-state index in [-0.39, 0.29) is 36.3 Å². The Balaban J connectivity index is 1.49. The summed E-state index contributed by atoms with van der Waals surface area (Å²) in [6, 6.07) is 3.78. The van der Waals surface area contributed by atoms with Crippen LogP contribution in [-0.4, -0.2) is 67.1 Å². The van der Waals surface area contributed by atoms with Crippen LogP contribution in [-0.2, 0) is 14.3 Å². The largest absolute Gasteiger partial charge is 0.463 e. The number of carbonyl (C=O) groups excluding carboxylic acids is 2. The summed E-state index contributed by atoms with van der Waals surface area (Å²) in [4.78, 5) is 33.2. The third-order valence-electron chi connectivity index (χ3n) is 6.12. The molecule has 2 atom stereocenters. The minimum atomic E-state index is -0.139. The summed E-state index contributed by atoms with van der Waals surface area (Å²) in [6.45, 7) is 4.36. The van der Waals surface area contributed by atoms with E-state index >= 15 is 0 Å². The van der Waals surface area contributed by atoms with Gasteiger partial charge in [-0.15, -0.1) is 0 Å². The number of Topliss-reactive ketones (excluding diaryl/α,β-unsaturated/α-hetero) is 1. The van der Waals surface area contributed by atoms with Crippen molar-refractivity contribution in [1.29, 1.82) is 0 Å². The lowest BCUT2D eigenvalue weighted by Crippen LogP contribution is -2.42. The lowest BCUT2D eigenvalue weighted by atomic mass is 9.94. The number of ether oxygens (including phenoxy) is 2. The van der Waals surface area contributed by atoms with E-state index < -0.39 is 0 Å². The zero-order valence-electron chi connectivity index (χ0n) is 18.0. The molecule has 2 saturated heterocycles.